The first-order valence-corrected chi connectivity index (χ1v) is 16.4. The van der Waals surface area contributed by atoms with Gasteiger partial charge in [-0.2, -0.15) is 0 Å². The van der Waals surface area contributed by atoms with Crippen molar-refractivity contribution in [3.05, 3.63) is 41.2 Å². The Morgan fingerprint density at radius 2 is 1.79 bits per heavy atom. The largest absolute Gasteiger partial charge is 0.390 e. The molecule has 3 fully saturated rings. The number of nitrogens with zero attached hydrogens (tertiary/aromatic N) is 3. The molecule has 2 heterocycles. The Labute approximate surface area is 234 Å². The average Bonchev–Trinajstić information content (AvgIpc) is 2.88. The van der Waals surface area contributed by atoms with E-state index in [0.29, 0.717) is 22.8 Å². The molecular formula is C31H46N4O3S. The van der Waals surface area contributed by atoms with Gasteiger partial charge in [-0.3, -0.25) is 0 Å². The number of aryl methyl sites for hydroxylation is 2. The summed E-state index contributed by atoms with van der Waals surface area (Å²) in [4.78, 5) is 12.4. The lowest BCUT2D eigenvalue weighted by atomic mass is 9.63. The molecule has 1 aromatic heterocycles. The van der Waals surface area contributed by atoms with Crippen molar-refractivity contribution in [2.75, 3.05) is 18.4 Å². The van der Waals surface area contributed by atoms with Crippen LogP contribution in [0.5, 0.6) is 0 Å². The summed E-state index contributed by atoms with van der Waals surface area (Å²) in [5.74, 6) is 0.854. The van der Waals surface area contributed by atoms with Gasteiger partial charge in [0.25, 0.3) is 0 Å². The molecule has 0 atom stereocenters. The molecule has 0 amide bonds. The molecule has 2 saturated carbocycles. The fourth-order valence-corrected chi connectivity index (χ4v) is 9.06. The summed E-state index contributed by atoms with van der Waals surface area (Å²) in [6.07, 6.45) is 9.96. The minimum absolute atomic E-state index is 0.216. The number of likely N-dealkylation sites (tertiary alicyclic amines) is 1. The summed E-state index contributed by atoms with van der Waals surface area (Å²) >= 11 is 0. The van der Waals surface area contributed by atoms with Crippen LogP contribution in [0.2, 0.25) is 0 Å². The van der Waals surface area contributed by atoms with Gasteiger partial charge in [0.15, 0.2) is 9.84 Å². The predicted molar refractivity (Wildman–Crippen MR) is 156 cm³/mol. The number of sulfone groups is 1. The number of hydrogen-bond acceptors (Lipinski definition) is 7. The van der Waals surface area contributed by atoms with Crippen LogP contribution in [0, 0.1) is 12.3 Å². The number of hydrogen-bond donors (Lipinski definition) is 2. The molecule has 2 aliphatic carbocycles. The molecule has 39 heavy (non-hydrogen) atoms. The van der Waals surface area contributed by atoms with Gasteiger partial charge in [-0.15, -0.1) is 0 Å². The Hall–Kier alpha value is -2.03. The predicted octanol–water partition coefficient (Wildman–Crippen LogP) is 5.93. The maximum atomic E-state index is 13.5. The summed E-state index contributed by atoms with van der Waals surface area (Å²) in [7, 11) is -3.35. The SMILES string of the molecule is CCc1cnc(Nc2ccc(S(=O)(=O)C3CC4(CCN(C(C)C)CC4)C3)cc2C)nc1C1CCC(C)(O)CC1. The van der Waals surface area contributed by atoms with Crippen LogP contribution in [-0.4, -0.2) is 58.4 Å². The van der Waals surface area contributed by atoms with Crippen LogP contribution in [0.3, 0.4) is 0 Å². The van der Waals surface area contributed by atoms with Crippen molar-refractivity contribution >= 4 is 21.5 Å². The first kappa shape index (κ1) is 28.5. The van der Waals surface area contributed by atoms with Gasteiger partial charge in [-0.1, -0.05) is 6.92 Å². The third-order valence-electron chi connectivity index (χ3n) is 9.85. The van der Waals surface area contributed by atoms with Crippen LogP contribution < -0.4 is 5.32 Å². The highest BCUT2D eigenvalue weighted by atomic mass is 32.2. The average molecular weight is 555 g/mol. The molecule has 2 N–H and O–H groups in total. The van der Waals surface area contributed by atoms with Gasteiger partial charge in [0.05, 0.1) is 21.4 Å². The van der Waals surface area contributed by atoms with Crippen molar-refractivity contribution in [2.45, 2.75) is 120 Å². The summed E-state index contributed by atoms with van der Waals surface area (Å²) in [5, 5.41) is 13.5. The van der Waals surface area contributed by atoms with E-state index in [1.54, 1.807) is 12.1 Å². The number of benzene rings is 1. The van der Waals surface area contributed by atoms with Crippen LogP contribution in [0.1, 0.15) is 102 Å². The van der Waals surface area contributed by atoms with Gasteiger partial charge >= 0.3 is 0 Å². The molecule has 1 saturated heterocycles. The maximum absolute atomic E-state index is 13.5. The Morgan fingerprint density at radius 1 is 1.13 bits per heavy atom. The van der Waals surface area contributed by atoms with E-state index in [1.807, 2.05) is 26.1 Å². The molecule has 0 unspecified atom stereocenters. The molecule has 8 heteroatoms. The summed E-state index contributed by atoms with van der Waals surface area (Å²) in [6.45, 7) is 12.6. The van der Waals surface area contributed by atoms with Crippen LogP contribution in [0.15, 0.2) is 29.3 Å². The second kappa shape index (κ2) is 10.7. The van der Waals surface area contributed by atoms with Gasteiger partial charge in [0.2, 0.25) is 5.95 Å². The highest BCUT2D eigenvalue weighted by molar-refractivity contribution is 7.92. The maximum Gasteiger partial charge on any atom is 0.227 e. The minimum atomic E-state index is -3.35. The van der Waals surface area contributed by atoms with E-state index in [1.165, 1.54) is 0 Å². The number of aliphatic hydroxyl groups is 1. The molecule has 7 nitrogen and oxygen atoms in total. The number of piperidine rings is 1. The quantitative estimate of drug-likeness (QED) is 0.438. The topological polar surface area (TPSA) is 95.4 Å². The van der Waals surface area contributed by atoms with E-state index in [2.05, 4.69) is 36.0 Å². The van der Waals surface area contributed by atoms with Crippen LogP contribution in [-0.2, 0) is 16.3 Å². The number of rotatable bonds is 7. The fraction of sp³-hybridized carbons (Fsp3) is 0.677. The van der Waals surface area contributed by atoms with Gasteiger partial charge < -0.3 is 15.3 Å². The monoisotopic (exact) mass is 554 g/mol. The summed E-state index contributed by atoms with van der Waals surface area (Å²) in [5.41, 5.74) is 3.55. The molecule has 1 aliphatic heterocycles. The van der Waals surface area contributed by atoms with E-state index in [0.717, 1.165) is 93.4 Å². The van der Waals surface area contributed by atoms with Gasteiger partial charge in [-0.25, -0.2) is 18.4 Å². The fourth-order valence-electron chi connectivity index (χ4n) is 6.93. The van der Waals surface area contributed by atoms with Crippen LogP contribution in [0.25, 0.3) is 0 Å². The lowest BCUT2D eigenvalue weighted by Crippen LogP contribution is -2.52. The Morgan fingerprint density at radius 3 is 2.38 bits per heavy atom. The first-order chi connectivity index (χ1) is 18.4. The molecule has 5 rings (SSSR count). The third-order valence-corrected chi connectivity index (χ3v) is 12.0. The Kier molecular flexibility index (Phi) is 7.85. The highest BCUT2D eigenvalue weighted by Crippen LogP contribution is 2.53. The summed E-state index contributed by atoms with van der Waals surface area (Å²) < 4.78 is 27.0. The molecule has 214 valence electrons. The zero-order chi connectivity index (χ0) is 28.0. The second-order valence-corrected chi connectivity index (χ2v) is 15.3. The van der Waals surface area contributed by atoms with Crippen molar-refractivity contribution in [3.8, 4) is 0 Å². The molecule has 1 aromatic carbocycles. The second-order valence-electron chi connectivity index (χ2n) is 13.0. The van der Waals surface area contributed by atoms with Gasteiger partial charge in [-0.05, 0) is 133 Å². The van der Waals surface area contributed by atoms with E-state index < -0.39 is 15.4 Å². The van der Waals surface area contributed by atoms with E-state index in [9.17, 15) is 13.5 Å². The van der Waals surface area contributed by atoms with Crippen molar-refractivity contribution in [3.63, 3.8) is 0 Å². The summed E-state index contributed by atoms with van der Waals surface area (Å²) in [6, 6.07) is 5.95. The Bertz CT molecular complexity index is 1280. The first-order valence-electron chi connectivity index (χ1n) is 14.9. The molecule has 0 radical (unpaired) electrons. The van der Waals surface area contributed by atoms with Crippen LogP contribution >= 0.6 is 0 Å². The zero-order valence-electron chi connectivity index (χ0n) is 24.3. The molecule has 3 aliphatic rings. The van der Waals surface area contributed by atoms with Crippen LogP contribution in [0.4, 0.5) is 11.6 Å². The smallest absolute Gasteiger partial charge is 0.227 e. The lowest BCUT2D eigenvalue weighted by molar-refractivity contribution is 0.0167. The Balaban J connectivity index is 1.26. The molecule has 1 spiro atoms. The molecular weight excluding hydrogens is 508 g/mol. The van der Waals surface area contributed by atoms with Gasteiger partial charge in [0.1, 0.15) is 0 Å². The van der Waals surface area contributed by atoms with E-state index in [-0.39, 0.29) is 10.7 Å². The highest BCUT2D eigenvalue weighted by Gasteiger charge is 2.51. The molecule has 0 bridgehead atoms. The molecule has 2 aromatic rings. The van der Waals surface area contributed by atoms with E-state index >= 15 is 0 Å². The normalized spacial score (nSPS) is 26.1. The van der Waals surface area contributed by atoms with Crippen molar-refractivity contribution in [1.82, 2.24) is 14.9 Å². The van der Waals surface area contributed by atoms with Crippen molar-refractivity contribution in [2.24, 2.45) is 5.41 Å². The van der Waals surface area contributed by atoms with Crippen molar-refractivity contribution in [1.29, 1.82) is 0 Å². The standard InChI is InChI=1S/C31H46N4O3S/c1-6-23-20-32-29(34-28(23)24-9-11-30(5,36)12-10-24)33-27-8-7-25(17-22(27)4)39(37,38)26-18-31(19-26)13-15-35(16-14-31)21(2)3/h7-8,17,20-21,24,26,36H,6,9-16,18-19H2,1-5H3,(H,32,33,34). The van der Waals surface area contributed by atoms with Gasteiger partial charge in [0, 0.05) is 23.8 Å². The minimum Gasteiger partial charge on any atom is -0.390 e. The number of anilines is 2. The zero-order valence-corrected chi connectivity index (χ0v) is 25.1. The third kappa shape index (κ3) is 5.89. The number of aromatic nitrogens is 2. The lowest BCUT2D eigenvalue weighted by Gasteiger charge is -2.52. The van der Waals surface area contributed by atoms with E-state index in [4.69, 9.17) is 4.98 Å². The van der Waals surface area contributed by atoms with Crippen molar-refractivity contribution < 1.29 is 13.5 Å². The number of nitrogens with one attached hydrogen (secondary N) is 1.